The van der Waals surface area contributed by atoms with Gasteiger partial charge in [0.15, 0.2) is 5.79 Å². The Kier molecular flexibility index (Phi) is 13.3. The minimum absolute atomic E-state index is 0.0910. The van der Waals surface area contributed by atoms with Gasteiger partial charge in [-0.05, 0) is 59.3 Å². The molecule has 0 aromatic carbocycles. The molecule has 212 valence electrons. The first-order valence-corrected chi connectivity index (χ1v) is 13.9. The number of hydrogen-bond donors (Lipinski definition) is 2. The van der Waals surface area contributed by atoms with E-state index in [4.69, 9.17) is 24.1 Å². The largest absolute Gasteiger partial charge is 0.481 e. The molecule has 8 nitrogen and oxygen atoms in total. The number of esters is 1. The van der Waals surface area contributed by atoms with Crippen LogP contribution in [0.4, 0.5) is 0 Å². The average molecular weight is 525 g/mol. The smallest absolute Gasteiger partial charge is 0.330 e. The number of aliphatic hydroxyl groups is 1. The van der Waals surface area contributed by atoms with Crippen molar-refractivity contribution in [2.75, 3.05) is 13.2 Å². The van der Waals surface area contributed by atoms with Gasteiger partial charge in [-0.3, -0.25) is 4.79 Å². The number of unbranched alkanes of at least 4 members (excludes halogenated alkanes) is 5. The normalized spacial score (nSPS) is 27.1. The molecule has 8 heteroatoms. The van der Waals surface area contributed by atoms with Gasteiger partial charge in [-0.25, -0.2) is 4.79 Å². The monoisotopic (exact) mass is 524 g/mol. The number of carboxylic acids is 1. The van der Waals surface area contributed by atoms with Gasteiger partial charge in [-0.2, -0.15) is 0 Å². The van der Waals surface area contributed by atoms with Crippen LogP contribution < -0.4 is 0 Å². The van der Waals surface area contributed by atoms with Gasteiger partial charge in [-0.15, -0.1) is 0 Å². The lowest BCUT2D eigenvalue weighted by Crippen LogP contribution is -2.48. The lowest BCUT2D eigenvalue weighted by molar-refractivity contribution is -0.153. The third kappa shape index (κ3) is 11.7. The molecule has 0 aromatic heterocycles. The Labute approximate surface area is 222 Å². The first kappa shape index (κ1) is 31.5. The molecule has 0 radical (unpaired) electrons. The van der Waals surface area contributed by atoms with Crippen LogP contribution in [0.5, 0.6) is 0 Å². The molecule has 2 fully saturated rings. The molecule has 2 N–H and O–H groups in total. The van der Waals surface area contributed by atoms with Crippen LogP contribution in [0.3, 0.4) is 0 Å². The number of aliphatic carboxylic acids is 1. The number of carbonyl (C=O) groups is 2. The predicted molar refractivity (Wildman–Crippen MR) is 141 cm³/mol. The summed E-state index contributed by atoms with van der Waals surface area (Å²) in [4.78, 5) is 22.8. The molecular formula is C29H48O8. The Hall–Kier alpha value is -1.74. The zero-order valence-corrected chi connectivity index (χ0v) is 23.3. The van der Waals surface area contributed by atoms with Crippen molar-refractivity contribution in [3.8, 4) is 0 Å². The summed E-state index contributed by atoms with van der Waals surface area (Å²) in [5.41, 5.74) is 0.879. The number of carboxylic acid groups (broad SMARTS) is 1. The van der Waals surface area contributed by atoms with E-state index in [0.29, 0.717) is 19.6 Å². The highest BCUT2D eigenvalue weighted by Crippen LogP contribution is 2.40. The second-order valence-corrected chi connectivity index (χ2v) is 11.1. The van der Waals surface area contributed by atoms with Crippen LogP contribution in [0.15, 0.2) is 23.8 Å². The molecule has 0 saturated carbocycles. The standard InChI is InChI=1S/C29H48O8/c1-20(18-26(33)34-16-11-9-7-6-8-10-15-25(31)32)17-24-28-27(36-29(4,5)37-28)23(19-35-24)14-12-13-21(2)22(3)30/h12-13,18,21-24,27-28,30H,6-11,14-17,19H2,1-5H3,(H,31,32)/b13-12+,20-18+/t21-,22+,23+,24+,27-,28+/m1/s1. The molecule has 2 aliphatic heterocycles. The molecule has 2 heterocycles. The molecule has 2 saturated heterocycles. The highest BCUT2D eigenvalue weighted by Gasteiger charge is 2.51. The molecule has 0 amide bonds. The summed E-state index contributed by atoms with van der Waals surface area (Å²) in [7, 11) is 0. The second kappa shape index (κ2) is 15.6. The topological polar surface area (TPSA) is 112 Å². The third-order valence-corrected chi connectivity index (χ3v) is 7.08. The zero-order valence-electron chi connectivity index (χ0n) is 23.3. The number of allylic oxidation sites excluding steroid dienone is 1. The van der Waals surface area contributed by atoms with Crippen molar-refractivity contribution >= 4 is 11.9 Å². The van der Waals surface area contributed by atoms with Gasteiger partial charge < -0.3 is 29.2 Å². The van der Waals surface area contributed by atoms with Crippen LogP contribution in [0.1, 0.15) is 92.4 Å². The quantitative estimate of drug-likeness (QED) is 0.123. The summed E-state index contributed by atoms with van der Waals surface area (Å²) in [5.74, 6) is -1.52. The Balaban J connectivity index is 1.76. The number of carbonyl (C=O) groups excluding carboxylic acids is 1. The SMILES string of the molecule is C/C(=C\C(=O)OCCCCCCCCC(=O)O)C[C@@H]1OC[C@H](C/C=C/[C@@H](C)[C@H](C)O)[C@H]2OC(C)(C)O[C@H]21. The van der Waals surface area contributed by atoms with E-state index in [0.717, 1.165) is 50.5 Å². The summed E-state index contributed by atoms with van der Waals surface area (Å²) < 4.78 is 24.1. The average Bonchev–Trinajstić information content (AvgIpc) is 3.14. The molecule has 0 aliphatic carbocycles. The number of aliphatic hydroxyl groups excluding tert-OH is 1. The van der Waals surface area contributed by atoms with Gasteiger partial charge in [-0.1, -0.05) is 50.3 Å². The van der Waals surface area contributed by atoms with E-state index in [1.54, 1.807) is 6.92 Å². The Morgan fingerprint density at radius 2 is 1.70 bits per heavy atom. The molecule has 37 heavy (non-hydrogen) atoms. The predicted octanol–water partition coefficient (Wildman–Crippen LogP) is 5.18. The second-order valence-electron chi connectivity index (χ2n) is 11.1. The van der Waals surface area contributed by atoms with Gasteiger partial charge in [0.05, 0.1) is 31.5 Å². The van der Waals surface area contributed by atoms with Crippen molar-refractivity contribution in [1.82, 2.24) is 0 Å². The fourth-order valence-electron chi connectivity index (χ4n) is 4.79. The van der Waals surface area contributed by atoms with Crippen molar-refractivity contribution < 1.29 is 38.7 Å². The molecular weight excluding hydrogens is 476 g/mol. The molecule has 6 atom stereocenters. The van der Waals surface area contributed by atoms with E-state index in [9.17, 15) is 14.7 Å². The van der Waals surface area contributed by atoms with Gasteiger partial charge in [0.1, 0.15) is 6.10 Å². The minimum atomic E-state index is -0.741. The molecule has 0 bridgehead atoms. The fraction of sp³-hybridized carbons (Fsp3) is 0.793. The lowest BCUT2D eigenvalue weighted by atomic mass is 9.87. The van der Waals surface area contributed by atoms with E-state index in [-0.39, 0.29) is 48.6 Å². The summed E-state index contributed by atoms with van der Waals surface area (Å²) >= 11 is 0. The Morgan fingerprint density at radius 1 is 1.05 bits per heavy atom. The maximum absolute atomic E-state index is 12.3. The molecule has 0 spiro atoms. The highest BCUT2D eigenvalue weighted by atomic mass is 16.8. The molecule has 0 aromatic rings. The van der Waals surface area contributed by atoms with Crippen molar-refractivity contribution in [2.24, 2.45) is 11.8 Å². The van der Waals surface area contributed by atoms with Crippen molar-refractivity contribution in [1.29, 1.82) is 0 Å². The zero-order chi connectivity index (χ0) is 27.4. The number of rotatable bonds is 16. The molecule has 2 rings (SSSR count). The van der Waals surface area contributed by atoms with Crippen LogP contribution in [0.25, 0.3) is 0 Å². The fourth-order valence-corrected chi connectivity index (χ4v) is 4.79. The van der Waals surface area contributed by atoms with Crippen molar-refractivity contribution in [3.05, 3.63) is 23.8 Å². The van der Waals surface area contributed by atoms with Crippen LogP contribution in [-0.4, -0.2) is 65.6 Å². The van der Waals surface area contributed by atoms with Gasteiger partial charge in [0.25, 0.3) is 0 Å². The van der Waals surface area contributed by atoms with Gasteiger partial charge in [0, 0.05) is 18.4 Å². The summed E-state index contributed by atoms with van der Waals surface area (Å²) in [5, 5.41) is 18.3. The summed E-state index contributed by atoms with van der Waals surface area (Å²) in [6.07, 6.45) is 11.8. The summed E-state index contributed by atoms with van der Waals surface area (Å²) in [6, 6.07) is 0. The van der Waals surface area contributed by atoms with Crippen LogP contribution in [0, 0.1) is 11.8 Å². The van der Waals surface area contributed by atoms with Crippen LogP contribution in [0.2, 0.25) is 0 Å². The first-order chi connectivity index (χ1) is 17.5. The van der Waals surface area contributed by atoms with E-state index in [1.807, 2.05) is 33.8 Å². The number of hydrogen-bond acceptors (Lipinski definition) is 7. The maximum atomic E-state index is 12.3. The van der Waals surface area contributed by atoms with Crippen molar-refractivity contribution in [2.45, 2.75) is 123 Å². The Bertz CT molecular complexity index is 772. The van der Waals surface area contributed by atoms with E-state index < -0.39 is 11.8 Å². The van der Waals surface area contributed by atoms with Crippen molar-refractivity contribution in [3.63, 3.8) is 0 Å². The summed E-state index contributed by atoms with van der Waals surface area (Å²) in [6.45, 7) is 10.5. The lowest BCUT2D eigenvalue weighted by Gasteiger charge is -2.37. The van der Waals surface area contributed by atoms with Crippen LogP contribution in [-0.2, 0) is 28.5 Å². The van der Waals surface area contributed by atoms with Gasteiger partial charge >= 0.3 is 11.9 Å². The first-order valence-electron chi connectivity index (χ1n) is 13.9. The third-order valence-electron chi connectivity index (χ3n) is 7.08. The van der Waals surface area contributed by atoms with Gasteiger partial charge in [0.2, 0.25) is 0 Å². The van der Waals surface area contributed by atoms with E-state index >= 15 is 0 Å². The molecule has 2 aliphatic rings. The maximum Gasteiger partial charge on any atom is 0.330 e. The minimum Gasteiger partial charge on any atom is -0.481 e. The highest BCUT2D eigenvalue weighted by molar-refractivity contribution is 5.82. The van der Waals surface area contributed by atoms with E-state index in [1.165, 1.54) is 6.08 Å². The van der Waals surface area contributed by atoms with E-state index in [2.05, 4.69) is 6.08 Å². The number of ether oxygens (including phenoxy) is 4. The number of fused-ring (bicyclic) bond motifs is 1. The molecule has 0 unspecified atom stereocenters. The van der Waals surface area contributed by atoms with Crippen LogP contribution >= 0.6 is 0 Å². The Morgan fingerprint density at radius 3 is 2.38 bits per heavy atom.